The third kappa shape index (κ3) is 6.69. The molecule has 0 fully saturated rings. The molecule has 3 aromatic carbocycles. The molecule has 0 aliphatic carbocycles. The first-order valence-electron chi connectivity index (χ1n) is 9.74. The molecule has 0 saturated heterocycles. The van der Waals surface area contributed by atoms with Gasteiger partial charge in [-0.1, -0.05) is 54.9 Å². The lowest BCUT2D eigenvalue weighted by Gasteiger charge is -2.09. The largest absolute Gasteiger partial charge is 0.488 e. The fourth-order valence-corrected chi connectivity index (χ4v) is 2.81. The maximum atomic E-state index is 12.0. The van der Waals surface area contributed by atoms with Gasteiger partial charge >= 0.3 is 11.8 Å². The average Bonchev–Trinajstić information content (AvgIpc) is 2.80. The Hall–Kier alpha value is -3.64. The quantitative estimate of drug-likeness (QED) is 0.324. The van der Waals surface area contributed by atoms with E-state index in [-0.39, 0.29) is 0 Å². The molecule has 7 heteroatoms. The van der Waals surface area contributed by atoms with Crippen LogP contribution < -0.4 is 15.5 Å². The van der Waals surface area contributed by atoms with Crippen LogP contribution in [0.2, 0.25) is 5.02 Å². The Morgan fingerprint density at radius 3 is 2.32 bits per heavy atom. The molecular formula is C24H22ClN3O3. The molecule has 2 N–H and O–H groups in total. The number of rotatable bonds is 7. The second-order valence-corrected chi connectivity index (χ2v) is 7.09. The van der Waals surface area contributed by atoms with Crippen molar-refractivity contribution in [2.45, 2.75) is 20.0 Å². The molecule has 3 rings (SSSR count). The Bertz CT molecular complexity index is 1060. The second kappa shape index (κ2) is 10.9. The third-order valence-corrected chi connectivity index (χ3v) is 4.67. The fourth-order valence-electron chi connectivity index (χ4n) is 2.68. The van der Waals surface area contributed by atoms with Crippen molar-refractivity contribution < 1.29 is 14.3 Å². The minimum absolute atomic E-state index is 0.355. The Balaban J connectivity index is 1.55. The van der Waals surface area contributed by atoms with Crippen LogP contribution in [0.15, 0.2) is 77.9 Å². The van der Waals surface area contributed by atoms with Crippen LogP contribution in [0.25, 0.3) is 0 Å². The van der Waals surface area contributed by atoms with Gasteiger partial charge in [-0.25, -0.2) is 5.43 Å². The smallest absolute Gasteiger partial charge is 0.329 e. The predicted octanol–water partition coefficient (Wildman–Crippen LogP) is 4.57. The number of anilines is 1. The number of hydrazone groups is 1. The third-order valence-electron chi connectivity index (χ3n) is 4.42. The summed E-state index contributed by atoms with van der Waals surface area (Å²) >= 11 is 5.90. The summed E-state index contributed by atoms with van der Waals surface area (Å²) in [5, 5.41) is 7.07. The standard InChI is InChI=1S/C24H22ClN3O3/c1-2-17-9-13-21(14-10-17)27-23(29)24(30)28-26-15-19-5-3-4-6-22(19)31-16-18-7-11-20(25)12-8-18/h3-15H,2,16H2,1H3,(H,27,29)(H,28,30)/b26-15-. The van der Waals surface area contributed by atoms with Crippen molar-refractivity contribution >= 4 is 35.3 Å². The molecule has 31 heavy (non-hydrogen) atoms. The van der Waals surface area contributed by atoms with E-state index in [0.29, 0.717) is 28.6 Å². The molecule has 0 radical (unpaired) electrons. The van der Waals surface area contributed by atoms with Crippen LogP contribution in [-0.2, 0) is 22.6 Å². The van der Waals surface area contributed by atoms with Gasteiger partial charge in [-0.3, -0.25) is 9.59 Å². The van der Waals surface area contributed by atoms with Gasteiger partial charge in [0.05, 0.1) is 6.21 Å². The molecule has 0 heterocycles. The lowest BCUT2D eigenvalue weighted by atomic mass is 10.1. The number of halogens is 1. The zero-order valence-corrected chi connectivity index (χ0v) is 17.7. The zero-order valence-electron chi connectivity index (χ0n) is 17.0. The molecule has 6 nitrogen and oxygen atoms in total. The number of carbonyl (C=O) groups excluding carboxylic acids is 2. The van der Waals surface area contributed by atoms with E-state index < -0.39 is 11.8 Å². The van der Waals surface area contributed by atoms with Crippen LogP contribution in [-0.4, -0.2) is 18.0 Å². The molecule has 2 amide bonds. The first-order valence-corrected chi connectivity index (χ1v) is 10.1. The summed E-state index contributed by atoms with van der Waals surface area (Å²) in [5.74, 6) is -1.07. The first kappa shape index (κ1) is 22.1. The lowest BCUT2D eigenvalue weighted by Crippen LogP contribution is -2.32. The molecule has 158 valence electrons. The number of aryl methyl sites for hydroxylation is 1. The summed E-state index contributed by atoms with van der Waals surface area (Å²) in [6.07, 6.45) is 2.33. The molecular weight excluding hydrogens is 414 g/mol. The van der Waals surface area contributed by atoms with E-state index in [0.717, 1.165) is 17.5 Å². The summed E-state index contributed by atoms with van der Waals surface area (Å²) in [4.78, 5) is 24.0. The summed E-state index contributed by atoms with van der Waals surface area (Å²) in [6.45, 7) is 2.40. The van der Waals surface area contributed by atoms with Gasteiger partial charge in [0.1, 0.15) is 12.4 Å². The highest BCUT2D eigenvalue weighted by Crippen LogP contribution is 2.18. The van der Waals surface area contributed by atoms with Crippen molar-refractivity contribution in [1.82, 2.24) is 5.43 Å². The Morgan fingerprint density at radius 2 is 1.61 bits per heavy atom. The van der Waals surface area contributed by atoms with Gasteiger partial charge in [-0.05, 0) is 53.9 Å². The van der Waals surface area contributed by atoms with Crippen LogP contribution >= 0.6 is 11.6 Å². The number of carbonyl (C=O) groups is 2. The highest BCUT2D eigenvalue weighted by atomic mass is 35.5. The van der Waals surface area contributed by atoms with Crippen LogP contribution in [0.3, 0.4) is 0 Å². The number of nitrogens with one attached hydrogen (secondary N) is 2. The van der Waals surface area contributed by atoms with Crippen molar-refractivity contribution in [3.05, 3.63) is 94.5 Å². The van der Waals surface area contributed by atoms with E-state index in [1.165, 1.54) is 6.21 Å². The zero-order chi connectivity index (χ0) is 22.1. The average molecular weight is 436 g/mol. The molecule has 0 atom stereocenters. The topological polar surface area (TPSA) is 79.8 Å². The Kier molecular flexibility index (Phi) is 7.79. The number of para-hydroxylation sites is 1. The van der Waals surface area contributed by atoms with Crippen molar-refractivity contribution in [2.75, 3.05) is 5.32 Å². The summed E-state index contributed by atoms with van der Waals surface area (Å²) < 4.78 is 5.84. The van der Waals surface area contributed by atoms with E-state index in [2.05, 4.69) is 15.8 Å². The number of nitrogens with zero attached hydrogens (tertiary/aromatic N) is 1. The van der Waals surface area contributed by atoms with Crippen LogP contribution in [0.5, 0.6) is 5.75 Å². The highest BCUT2D eigenvalue weighted by molar-refractivity contribution is 6.39. The number of hydrogen-bond donors (Lipinski definition) is 2. The first-order chi connectivity index (χ1) is 15.0. The van der Waals surface area contributed by atoms with Crippen molar-refractivity contribution in [2.24, 2.45) is 5.10 Å². The van der Waals surface area contributed by atoms with E-state index in [1.54, 1.807) is 36.4 Å². The van der Waals surface area contributed by atoms with Crippen LogP contribution in [0, 0.1) is 0 Å². The molecule has 0 aliphatic heterocycles. The van der Waals surface area contributed by atoms with Gasteiger partial charge < -0.3 is 10.1 Å². The maximum Gasteiger partial charge on any atom is 0.329 e. The van der Waals surface area contributed by atoms with Gasteiger partial charge in [-0.15, -0.1) is 0 Å². The van der Waals surface area contributed by atoms with Gasteiger partial charge in [0.2, 0.25) is 0 Å². The van der Waals surface area contributed by atoms with Gasteiger partial charge in [0.25, 0.3) is 0 Å². The number of amides is 2. The van der Waals surface area contributed by atoms with E-state index in [9.17, 15) is 9.59 Å². The lowest BCUT2D eigenvalue weighted by molar-refractivity contribution is -0.136. The minimum Gasteiger partial charge on any atom is -0.488 e. The van der Waals surface area contributed by atoms with E-state index in [4.69, 9.17) is 16.3 Å². The van der Waals surface area contributed by atoms with Gasteiger partial charge in [-0.2, -0.15) is 5.10 Å². The summed E-state index contributed by atoms with van der Waals surface area (Å²) in [7, 11) is 0. The molecule has 0 spiro atoms. The van der Waals surface area contributed by atoms with Gasteiger partial charge in [0.15, 0.2) is 0 Å². The summed E-state index contributed by atoms with van der Waals surface area (Å²) in [6, 6.07) is 21.9. The molecule has 0 aromatic heterocycles. The fraction of sp³-hybridized carbons (Fsp3) is 0.125. The molecule has 0 bridgehead atoms. The van der Waals surface area contributed by atoms with E-state index in [1.807, 2.05) is 43.3 Å². The summed E-state index contributed by atoms with van der Waals surface area (Å²) in [5.41, 5.74) is 5.54. The number of ether oxygens (including phenoxy) is 1. The van der Waals surface area contributed by atoms with Crippen LogP contribution in [0.4, 0.5) is 5.69 Å². The maximum absolute atomic E-state index is 12.0. The number of hydrogen-bond acceptors (Lipinski definition) is 4. The predicted molar refractivity (Wildman–Crippen MR) is 122 cm³/mol. The Labute approximate surface area is 185 Å². The van der Waals surface area contributed by atoms with Crippen molar-refractivity contribution in [3.8, 4) is 5.75 Å². The molecule has 0 aliphatic rings. The monoisotopic (exact) mass is 435 g/mol. The minimum atomic E-state index is -0.865. The number of benzene rings is 3. The van der Waals surface area contributed by atoms with Crippen molar-refractivity contribution in [1.29, 1.82) is 0 Å². The normalized spacial score (nSPS) is 10.6. The molecule has 0 unspecified atom stereocenters. The highest BCUT2D eigenvalue weighted by Gasteiger charge is 2.13. The Morgan fingerprint density at radius 1 is 0.935 bits per heavy atom. The SMILES string of the molecule is CCc1ccc(NC(=O)C(=O)N/N=C\c2ccccc2OCc2ccc(Cl)cc2)cc1. The van der Waals surface area contributed by atoms with Gasteiger partial charge in [0, 0.05) is 16.3 Å². The van der Waals surface area contributed by atoms with Crippen LogP contribution in [0.1, 0.15) is 23.6 Å². The van der Waals surface area contributed by atoms with E-state index >= 15 is 0 Å². The van der Waals surface area contributed by atoms with Crippen molar-refractivity contribution in [3.63, 3.8) is 0 Å². The second-order valence-electron chi connectivity index (χ2n) is 6.66. The molecule has 3 aromatic rings. The molecule has 0 saturated carbocycles.